The summed E-state index contributed by atoms with van der Waals surface area (Å²) in [7, 11) is 0. The Balaban J connectivity index is 1.42. The van der Waals surface area contributed by atoms with Crippen molar-refractivity contribution in [2.45, 2.75) is 37.8 Å². The summed E-state index contributed by atoms with van der Waals surface area (Å²) in [6.45, 7) is 2.55. The number of aromatic nitrogens is 2. The largest absolute Gasteiger partial charge is 0.494 e. The summed E-state index contributed by atoms with van der Waals surface area (Å²) in [5.41, 5.74) is 3.49. The Morgan fingerprint density at radius 3 is 3.11 bits per heavy atom. The first-order valence-corrected chi connectivity index (χ1v) is 11.1. The van der Waals surface area contributed by atoms with Gasteiger partial charge in [0.1, 0.15) is 16.8 Å². The number of nitrogens with one attached hydrogen (secondary N) is 2. The first kappa shape index (κ1) is 18.8. The topological polar surface area (TPSA) is 90.8 Å². The molecule has 2 N–H and O–H groups in total. The molecule has 0 unspecified atom stereocenters. The van der Waals surface area contributed by atoms with Crippen LogP contribution in [0.15, 0.2) is 23.4 Å². The van der Waals surface area contributed by atoms with Crippen LogP contribution in [-0.4, -0.2) is 28.2 Å². The van der Waals surface area contributed by atoms with Gasteiger partial charge >= 0.3 is 0 Å². The van der Waals surface area contributed by atoms with Crippen molar-refractivity contribution in [1.82, 2.24) is 9.97 Å². The Kier molecular flexibility index (Phi) is 5.55. The number of imidazole rings is 1. The molecular formula is C20H20N4O2S2. The summed E-state index contributed by atoms with van der Waals surface area (Å²) >= 11 is 2.89. The van der Waals surface area contributed by atoms with E-state index in [0.29, 0.717) is 22.3 Å². The fraction of sp³-hybridized carbons (Fsp3) is 0.350. The number of H-pyrrole nitrogens is 1. The number of hydrogen-bond acceptors (Lipinski definition) is 6. The maximum absolute atomic E-state index is 12.4. The van der Waals surface area contributed by atoms with E-state index in [4.69, 9.17) is 4.74 Å². The number of carbonyl (C=O) groups is 1. The lowest BCUT2D eigenvalue weighted by molar-refractivity contribution is -0.113. The lowest BCUT2D eigenvalue weighted by Gasteiger charge is -2.09. The van der Waals surface area contributed by atoms with Crippen molar-refractivity contribution in [2.24, 2.45) is 0 Å². The zero-order chi connectivity index (χ0) is 19.5. The van der Waals surface area contributed by atoms with Gasteiger partial charge in [0, 0.05) is 10.9 Å². The Bertz CT molecular complexity index is 1060. The van der Waals surface area contributed by atoms with Gasteiger partial charge in [-0.3, -0.25) is 4.79 Å². The molecule has 0 bridgehead atoms. The van der Waals surface area contributed by atoms with Gasteiger partial charge in [-0.15, -0.1) is 11.3 Å². The second-order valence-electron chi connectivity index (χ2n) is 6.52. The van der Waals surface area contributed by atoms with Crippen LogP contribution in [0.1, 0.15) is 35.8 Å². The van der Waals surface area contributed by atoms with Crippen molar-refractivity contribution in [3.8, 4) is 11.8 Å². The van der Waals surface area contributed by atoms with E-state index in [2.05, 4.69) is 21.4 Å². The van der Waals surface area contributed by atoms with E-state index >= 15 is 0 Å². The summed E-state index contributed by atoms with van der Waals surface area (Å²) in [5, 5.41) is 13.8. The van der Waals surface area contributed by atoms with E-state index in [9.17, 15) is 10.1 Å². The first-order chi connectivity index (χ1) is 13.7. The molecular weight excluding hydrogens is 392 g/mol. The Morgan fingerprint density at radius 1 is 1.43 bits per heavy atom. The van der Waals surface area contributed by atoms with Crippen LogP contribution in [-0.2, 0) is 17.6 Å². The maximum Gasteiger partial charge on any atom is 0.235 e. The van der Waals surface area contributed by atoms with E-state index in [1.807, 2.05) is 25.1 Å². The molecule has 1 aromatic carbocycles. The summed E-state index contributed by atoms with van der Waals surface area (Å²) in [6.07, 6.45) is 4.20. The molecule has 8 heteroatoms. The third-order valence-electron chi connectivity index (χ3n) is 4.62. The number of thiophene rings is 1. The fourth-order valence-corrected chi connectivity index (χ4v) is 5.30. The zero-order valence-electron chi connectivity index (χ0n) is 15.5. The van der Waals surface area contributed by atoms with Crippen LogP contribution in [0.2, 0.25) is 0 Å². The average molecular weight is 413 g/mol. The predicted molar refractivity (Wildman–Crippen MR) is 112 cm³/mol. The molecule has 0 atom stereocenters. The molecule has 2 heterocycles. The Morgan fingerprint density at radius 2 is 2.29 bits per heavy atom. The second-order valence-corrected chi connectivity index (χ2v) is 8.59. The van der Waals surface area contributed by atoms with Gasteiger partial charge in [0.2, 0.25) is 5.91 Å². The van der Waals surface area contributed by atoms with E-state index in [-0.39, 0.29) is 11.7 Å². The molecule has 0 aliphatic heterocycles. The number of amides is 1. The molecule has 3 aromatic rings. The van der Waals surface area contributed by atoms with Crippen LogP contribution < -0.4 is 10.1 Å². The molecule has 28 heavy (non-hydrogen) atoms. The predicted octanol–water partition coefficient (Wildman–Crippen LogP) is 4.50. The minimum atomic E-state index is -0.129. The molecule has 0 saturated heterocycles. The van der Waals surface area contributed by atoms with Crippen molar-refractivity contribution in [3.63, 3.8) is 0 Å². The monoisotopic (exact) mass is 412 g/mol. The molecule has 0 saturated carbocycles. The van der Waals surface area contributed by atoms with E-state index in [1.165, 1.54) is 16.6 Å². The number of nitriles is 1. The molecule has 4 rings (SSSR count). The van der Waals surface area contributed by atoms with E-state index in [0.717, 1.165) is 48.0 Å². The molecule has 6 nitrogen and oxygen atoms in total. The van der Waals surface area contributed by atoms with E-state index < -0.39 is 0 Å². The number of rotatable bonds is 6. The number of aromatic amines is 1. The highest BCUT2D eigenvalue weighted by atomic mass is 32.2. The molecule has 0 fully saturated rings. The van der Waals surface area contributed by atoms with Crippen LogP contribution in [0, 0.1) is 11.3 Å². The van der Waals surface area contributed by atoms with E-state index in [1.54, 1.807) is 11.3 Å². The number of fused-ring (bicyclic) bond motifs is 2. The number of hydrogen-bond donors (Lipinski definition) is 2. The van der Waals surface area contributed by atoms with Crippen molar-refractivity contribution in [2.75, 3.05) is 17.7 Å². The number of ether oxygens (including phenoxy) is 1. The fourth-order valence-electron chi connectivity index (χ4n) is 3.36. The van der Waals surface area contributed by atoms with Gasteiger partial charge in [0.15, 0.2) is 5.16 Å². The number of carbonyl (C=O) groups excluding carboxylic acids is 1. The highest BCUT2D eigenvalue weighted by molar-refractivity contribution is 7.99. The Labute approximate surface area is 171 Å². The van der Waals surface area contributed by atoms with Gasteiger partial charge in [0.25, 0.3) is 0 Å². The third-order valence-corrected chi connectivity index (χ3v) is 6.70. The number of thioether (sulfide) groups is 1. The smallest absolute Gasteiger partial charge is 0.235 e. The van der Waals surface area contributed by atoms with Gasteiger partial charge < -0.3 is 15.0 Å². The number of anilines is 1. The Hall–Kier alpha value is -2.50. The van der Waals surface area contributed by atoms with Gasteiger partial charge in [-0.05, 0) is 50.3 Å². The summed E-state index contributed by atoms with van der Waals surface area (Å²) in [5.74, 6) is 0.889. The van der Waals surface area contributed by atoms with Gasteiger partial charge in [0.05, 0.1) is 29.0 Å². The highest BCUT2D eigenvalue weighted by Crippen LogP contribution is 2.37. The van der Waals surface area contributed by atoms with Crippen molar-refractivity contribution in [3.05, 3.63) is 34.2 Å². The van der Waals surface area contributed by atoms with Crippen molar-refractivity contribution >= 4 is 45.0 Å². The molecule has 0 radical (unpaired) electrons. The van der Waals surface area contributed by atoms with Crippen LogP contribution in [0.3, 0.4) is 0 Å². The zero-order valence-corrected chi connectivity index (χ0v) is 17.1. The number of aryl methyl sites for hydroxylation is 1. The minimum Gasteiger partial charge on any atom is -0.494 e. The SMILES string of the molecule is CCOc1ccc2nc(SCC(=O)Nc3sc4c(c3C#N)CCCC4)[nH]c2c1. The lowest BCUT2D eigenvalue weighted by Crippen LogP contribution is -2.14. The number of nitrogens with zero attached hydrogens (tertiary/aromatic N) is 2. The standard InChI is InChI=1S/C20H20N4O2S2/c1-2-26-12-7-8-15-16(9-12)23-20(22-15)27-11-18(25)24-19-14(10-21)13-5-3-4-6-17(13)28-19/h7-9H,2-6,11H2,1H3,(H,22,23)(H,24,25). The average Bonchev–Trinajstić information content (AvgIpc) is 3.26. The first-order valence-electron chi connectivity index (χ1n) is 9.27. The van der Waals surface area contributed by atoms with Crippen molar-refractivity contribution < 1.29 is 9.53 Å². The summed E-state index contributed by atoms with van der Waals surface area (Å²) in [4.78, 5) is 21.4. The molecule has 1 amide bonds. The summed E-state index contributed by atoms with van der Waals surface area (Å²) < 4.78 is 5.50. The maximum atomic E-state index is 12.4. The molecule has 1 aliphatic carbocycles. The van der Waals surface area contributed by atoms with Crippen LogP contribution >= 0.6 is 23.1 Å². The third kappa shape index (κ3) is 3.86. The van der Waals surface area contributed by atoms with Crippen LogP contribution in [0.4, 0.5) is 5.00 Å². The molecule has 1 aliphatic rings. The minimum absolute atomic E-state index is 0.129. The van der Waals surface area contributed by atoms with Gasteiger partial charge in [-0.25, -0.2) is 4.98 Å². The van der Waals surface area contributed by atoms with Crippen LogP contribution in [0.5, 0.6) is 5.75 Å². The summed E-state index contributed by atoms with van der Waals surface area (Å²) in [6, 6.07) is 7.97. The lowest BCUT2D eigenvalue weighted by atomic mass is 9.96. The highest BCUT2D eigenvalue weighted by Gasteiger charge is 2.21. The molecule has 2 aromatic heterocycles. The van der Waals surface area contributed by atoms with Crippen LogP contribution in [0.25, 0.3) is 11.0 Å². The van der Waals surface area contributed by atoms with Crippen molar-refractivity contribution in [1.29, 1.82) is 5.26 Å². The quantitative estimate of drug-likeness (QED) is 0.582. The normalized spacial score (nSPS) is 13.1. The van der Waals surface area contributed by atoms with Gasteiger partial charge in [-0.1, -0.05) is 11.8 Å². The second kappa shape index (κ2) is 8.25. The number of benzene rings is 1. The van der Waals surface area contributed by atoms with Gasteiger partial charge in [-0.2, -0.15) is 5.26 Å². The molecule has 0 spiro atoms. The molecule has 144 valence electrons.